The van der Waals surface area contributed by atoms with Crippen LogP contribution in [-0.2, 0) is 11.3 Å². The van der Waals surface area contributed by atoms with Crippen molar-refractivity contribution in [3.63, 3.8) is 0 Å². The first-order chi connectivity index (χ1) is 10.1. The van der Waals surface area contributed by atoms with Crippen LogP contribution in [0.1, 0.15) is 25.3 Å². The number of methoxy groups -OCH3 is 3. The highest BCUT2D eigenvalue weighted by molar-refractivity contribution is 5.81. The van der Waals surface area contributed by atoms with Gasteiger partial charge >= 0.3 is 0 Å². The van der Waals surface area contributed by atoms with Crippen molar-refractivity contribution in [3.05, 3.63) is 17.7 Å². The molecule has 0 spiro atoms. The molecule has 0 aliphatic rings. The highest BCUT2D eigenvalue weighted by atomic mass is 16.5. The molecule has 0 fully saturated rings. The molecule has 1 atom stereocenters. The van der Waals surface area contributed by atoms with Crippen LogP contribution in [-0.4, -0.2) is 33.3 Å². The van der Waals surface area contributed by atoms with E-state index in [1.54, 1.807) is 33.5 Å². The number of rotatable bonds is 8. The van der Waals surface area contributed by atoms with E-state index in [1.807, 2.05) is 6.92 Å². The summed E-state index contributed by atoms with van der Waals surface area (Å²) in [6.45, 7) is 2.35. The van der Waals surface area contributed by atoms with E-state index in [2.05, 4.69) is 5.32 Å². The first kappa shape index (κ1) is 17.1. The lowest BCUT2D eigenvalue weighted by molar-refractivity contribution is -0.122. The minimum atomic E-state index is -0.475. The summed E-state index contributed by atoms with van der Waals surface area (Å²) in [6, 6.07) is 3.12. The molecule has 0 bridgehead atoms. The van der Waals surface area contributed by atoms with Gasteiger partial charge in [0.25, 0.3) is 0 Å². The van der Waals surface area contributed by atoms with Crippen molar-refractivity contribution in [2.45, 2.75) is 32.4 Å². The summed E-state index contributed by atoms with van der Waals surface area (Å²) >= 11 is 0. The summed E-state index contributed by atoms with van der Waals surface area (Å²) in [5.41, 5.74) is 6.62. The molecule has 6 heteroatoms. The van der Waals surface area contributed by atoms with E-state index < -0.39 is 6.04 Å². The molecule has 1 aromatic carbocycles. The number of nitrogens with two attached hydrogens (primary N) is 1. The van der Waals surface area contributed by atoms with Gasteiger partial charge in [0.1, 0.15) is 0 Å². The Morgan fingerprint density at radius 2 is 1.76 bits per heavy atom. The molecular weight excluding hydrogens is 272 g/mol. The molecule has 118 valence electrons. The van der Waals surface area contributed by atoms with Crippen molar-refractivity contribution in [2.24, 2.45) is 5.73 Å². The Kier molecular flexibility index (Phi) is 6.81. The minimum Gasteiger partial charge on any atom is -0.493 e. The second-order valence-corrected chi connectivity index (χ2v) is 4.65. The molecule has 1 rings (SSSR count). The van der Waals surface area contributed by atoms with Gasteiger partial charge in [-0.15, -0.1) is 0 Å². The van der Waals surface area contributed by atoms with Crippen molar-refractivity contribution < 1.29 is 19.0 Å². The Hall–Kier alpha value is -1.95. The molecule has 0 saturated heterocycles. The van der Waals surface area contributed by atoms with Crippen LogP contribution in [0.2, 0.25) is 0 Å². The van der Waals surface area contributed by atoms with Crippen LogP contribution < -0.4 is 25.3 Å². The zero-order valence-corrected chi connectivity index (χ0v) is 13.1. The summed E-state index contributed by atoms with van der Waals surface area (Å²) in [5, 5.41) is 2.81. The predicted octanol–water partition coefficient (Wildman–Crippen LogP) is 1.46. The zero-order valence-electron chi connectivity index (χ0n) is 13.1. The summed E-state index contributed by atoms with van der Waals surface area (Å²) in [4.78, 5) is 11.8. The fourth-order valence-corrected chi connectivity index (χ4v) is 2.00. The smallest absolute Gasteiger partial charge is 0.237 e. The quantitative estimate of drug-likeness (QED) is 0.759. The number of hydrogen-bond donors (Lipinski definition) is 2. The summed E-state index contributed by atoms with van der Waals surface area (Å²) in [7, 11) is 4.65. The Labute approximate surface area is 125 Å². The summed E-state index contributed by atoms with van der Waals surface area (Å²) in [5.74, 6) is 1.47. The second-order valence-electron chi connectivity index (χ2n) is 4.65. The van der Waals surface area contributed by atoms with Crippen LogP contribution in [0.5, 0.6) is 17.2 Å². The van der Waals surface area contributed by atoms with Crippen LogP contribution >= 0.6 is 0 Å². The average Bonchev–Trinajstić information content (AvgIpc) is 2.51. The number of hydrogen-bond acceptors (Lipinski definition) is 5. The number of ether oxygens (including phenoxy) is 3. The molecule has 3 N–H and O–H groups in total. The molecule has 0 radical (unpaired) electrons. The lowest BCUT2D eigenvalue weighted by Crippen LogP contribution is -2.40. The van der Waals surface area contributed by atoms with E-state index in [9.17, 15) is 4.79 Å². The molecule has 1 amide bonds. The molecule has 0 aliphatic heterocycles. The van der Waals surface area contributed by atoms with Gasteiger partial charge in [0, 0.05) is 6.54 Å². The van der Waals surface area contributed by atoms with E-state index >= 15 is 0 Å². The minimum absolute atomic E-state index is 0.161. The van der Waals surface area contributed by atoms with Gasteiger partial charge in [0.2, 0.25) is 11.7 Å². The first-order valence-electron chi connectivity index (χ1n) is 6.89. The van der Waals surface area contributed by atoms with E-state index in [1.165, 1.54) is 0 Å². The first-order valence-corrected chi connectivity index (χ1v) is 6.89. The van der Waals surface area contributed by atoms with Crippen molar-refractivity contribution in [2.75, 3.05) is 21.3 Å². The highest BCUT2D eigenvalue weighted by Crippen LogP contribution is 2.38. The van der Waals surface area contributed by atoms with Gasteiger partial charge in [-0.25, -0.2) is 0 Å². The summed E-state index contributed by atoms with van der Waals surface area (Å²) in [6.07, 6.45) is 1.54. The Morgan fingerprint density at radius 1 is 1.19 bits per heavy atom. The number of carbonyl (C=O) groups is 1. The van der Waals surface area contributed by atoms with Gasteiger partial charge in [0.15, 0.2) is 11.5 Å². The van der Waals surface area contributed by atoms with Gasteiger partial charge in [0.05, 0.1) is 27.4 Å². The van der Waals surface area contributed by atoms with Gasteiger partial charge in [-0.05, 0) is 24.1 Å². The van der Waals surface area contributed by atoms with Crippen LogP contribution in [0.15, 0.2) is 12.1 Å². The third-order valence-corrected chi connectivity index (χ3v) is 3.13. The molecule has 0 unspecified atom stereocenters. The molecule has 0 aliphatic carbocycles. The van der Waals surface area contributed by atoms with Crippen molar-refractivity contribution >= 4 is 5.91 Å². The number of benzene rings is 1. The van der Waals surface area contributed by atoms with E-state index in [0.29, 0.717) is 30.2 Å². The van der Waals surface area contributed by atoms with Crippen LogP contribution in [0.3, 0.4) is 0 Å². The van der Waals surface area contributed by atoms with Crippen LogP contribution in [0.25, 0.3) is 0 Å². The van der Waals surface area contributed by atoms with Crippen molar-refractivity contribution in [1.82, 2.24) is 5.32 Å². The summed E-state index contributed by atoms with van der Waals surface area (Å²) < 4.78 is 15.8. The normalized spacial score (nSPS) is 11.7. The number of carbonyl (C=O) groups excluding carboxylic acids is 1. The molecular formula is C15H24N2O4. The molecule has 6 nitrogen and oxygen atoms in total. The monoisotopic (exact) mass is 296 g/mol. The van der Waals surface area contributed by atoms with Gasteiger partial charge in [-0.3, -0.25) is 4.79 Å². The Balaban J connectivity index is 2.82. The predicted molar refractivity (Wildman–Crippen MR) is 80.8 cm³/mol. The number of nitrogens with one attached hydrogen (secondary N) is 1. The standard InChI is InChI=1S/C15H24N2O4/c1-5-6-11(16)15(18)17-9-10-7-12(19-2)14(21-4)13(8-10)20-3/h7-8,11H,5-6,9,16H2,1-4H3,(H,17,18)/t11-/m1/s1. The van der Waals surface area contributed by atoms with Crippen molar-refractivity contribution in [1.29, 1.82) is 0 Å². The molecule has 0 aromatic heterocycles. The lowest BCUT2D eigenvalue weighted by atomic mass is 10.1. The largest absolute Gasteiger partial charge is 0.493 e. The van der Waals surface area contributed by atoms with Crippen molar-refractivity contribution in [3.8, 4) is 17.2 Å². The van der Waals surface area contributed by atoms with Gasteiger partial charge in [-0.1, -0.05) is 13.3 Å². The molecule has 0 saturated carbocycles. The lowest BCUT2D eigenvalue weighted by Gasteiger charge is -2.15. The maximum atomic E-state index is 11.8. The Morgan fingerprint density at radius 3 is 2.19 bits per heavy atom. The average molecular weight is 296 g/mol. The maximum absolute atomic E-state index is 11.8. The van der Waals surface area contributed by atoms with Crippen LogP contribution in [0, 0.1) is 0 Å². The fraction of sp³-hybridized carbons (Fsp3) is 0.533. The Bertz CT molecular complexity index is 452. The zero-order chi connectivity index (χ0) is 15.8. The van der Waals surface area contributed by atoms with Gasteiger partial charge < -0.3 is 25.3 Å². The number of amides is 1. The molecule has 1 aromatic rings. The third-order valence-electron chi connectivity index (χ3n) is 3.13. The van der Waals surface area contributed by atoms with E-state index in [0.717, 1.165) is 12.0 Å². The van der Waals surface area contributed by atoms with E-state index in [4.69, 9.17) is 19.9 Å². The third kappa shape index (κ3) is 4.53. The van der Waals surface area contributed by atoms with Gasteiger partial charge in [-0.2, -0.15) is 0 Å². The fourth-order valence-electron chi connectivity index (χ4n) is 2.00. The van der Waals surface area contributed by atoms with E-state index in [-0.39, 0.29) is 5.91 Å². The topological polar surface area (TPSA) is 82.8 Å². The molecule has 0 heterocycles. The second kappa shape index (κ2) is 8.36. The van der Waals surface area contributed by atoms with Crippen LogP contribution in [0.4, 0.5) is 0 Å². The SMILES string of the molecule is CCC[C@@H](N)C(=O)NCc1cc(OC)c(OC)c(OC)c1. The highest BCUT2D eigenvalue weighted by Gasteiger charge is 2.15. The maximum Gasteiger partial charge on any atom is 0.237 e. The molecule has 21 heavy (non-hydrogen) atoms.